The number of hydrogen-bond acceptors (Lipinski definition) is 4. The van der Waals surface area contributed by atoms with Gasteiger partial charge in [0, 0.05) is 12.5 Å². The molecule has 154 valence electrons. The molecule has 8 heteroatoms. The second-order valence-electron chi connectivity index (χ2n) is 6.94. The second-order valence-corrected chi connectivity index (χ2v) is 7.65. The van der Waals surface area contributed by atoms with E-state index in [1.54, 1.807) is 4.57 Å². The Morgan fingerprint density at radius 1 is 1.17 bits per heavy atom. The molecule has 0 fully saturated rings. The second kappa shape index (κ2) is 8.31. The number of carbonyl (C=O) groups is 2. The van der Waals surface area contributed by atoms with Crippen LogP contribution in [-0.4, -0.2) is 33.3 Å². The van der Waals surface area contributed by atoms with Gasteiger partial charge in [-0.15, -0.1) is 0 Å². The molecule has 0 saturated carbocycles. The van der Waals surface area contributed by atoms with Gasteiger partial charge in [-0.3, -0.25) is 0 Å². The van der Waals surface area contributed by atoms with Crippen molar-refractivity contribution >= 4 is 28.0 Å². The third-order valence-electron chi connectivity index (χ3n) is 5.30. The number of amides is 1. The molecule has 0 bridgehead atoms. The number of imidazole rings is 1. The van der Waals surface area contributed by atoms with E-state index in [1.807, 2.05) is 43.3 Å². The molecule has 1 aromatic heterocycles. The molecular weight excluding hydrogens is 450 g/mol. The van der Waals surface area contributed by atoms with E-state index in [-0.39, 0.29) is 12.5 Å². The van der Waals surface area contributed by atoms with Crippen molar-refractivity contribution < 1.29 is 19.4 Å². The average molecular weight is 470 g/mol. The normalized spacial score (nSPS) is 13.4. The third-order valence-corrected chi connectivity index (χ3v) is 5.94. The molecule has 30 heavy (non-hydrogen) atoms. The van der Waals surface area contributed by atoms with Crippen LogP contribution in [0.4, 0.5) is 4.79 Å². The number of alkyl carbamates (subject to hydrolysis) is 1. The Bertz CT molecular complexity index is 1070. The van der Waals surface area contributed by atoms with Crippen LogP contribution in [-0.2, 0) is 16.1 Å². The first-order chi connectivity index (χ1) is 14.5. The Morgan fingerprint density at radius 3 is 2.33 bits per heavy atom. The summed E-state index contributed by atoms with van der Waals surface area (Å²) in [5.41, 5.74) is 4.80. The maximum absolute atomic E-state index is 12.5. The minimum Gasteiger partial charge on any atom is -0.479 e. The molecule has 1 aliphatic carbocycles. The first-order valence-electron chi connectivity index (χ1n) is 9.56. The Kier molecular flexibility index (Phi) is 5.59. The highest BCUT2D eigenvalue weighted by atomic mass is 79.9. The predicted molar refractivity (Wildman–Crippen MR) is 114 cm³/mol. The van der Waals surface area contributed by atoms with Gasteiger partial charge >= 0.3 is 12.1 Å². The number of carbonyl (C=O) groups excluding carboxylic acids is 1. The van der Waals surface area contributed by atoms with Gasteiger partial charge in [-0.2, -0.15) is 0 Å². The van der Waals surface area contributed by atoms with Gasteiger partial charge in [0.05, 0.1) is 11.9 Å². The van der Waals surface area contributed by atoms with Gasteiger partial charge < -0.3 is 19.7 Å². The first kappa shape index (κ1) is 20.2. The molecule has 1 atom stereocenters. The quantitative estimate of drug-likeness (QED) is 0.560. The molecule has 1 unspecified atom stereocenters. The molecule has 7 nitrogen and oxygen atoms in total. The van der Waals surface area contributed by atoms with Crippen LogP contribution in [0.2, 0.25) is 0 Å². The van der Waals surface area contributed by atoms with Gasteiger partial charge in [-0.25, -0.2) is 14.6 Å². The van der Waals surface area contributed by atoms with Gasteiger partial charge in [0.2, 0.25) is 0 Å². The SMILES string of the molecule is CCn1c(C(NC(=O)OCC2c3ccccc3-c3ccccc32)C(=O)O)cnc1Br. The van der Waals surface area contributed by atoms with Crippen molar-refractivity contribution in [1.82, 2.24) is 14.9 Å². The molecule has 1 amide bonds. The zero-order valence-electron chi connectivity index (χ0n) is 16.2. The topological polar surface area (TPSA) is 93.5 Å². The lowest BCUT2D eigenvalue weighted by Crippen LogP contribution is -2.36. The number of nitrogens with zero attached hydrogens (tertiary/aromatic N) is 2. The molecule has 0 saturated heterocycles. The molecule has 1 heterocycles. The number of hydrogen-bond donors (Lipinski definition) is 2. The number of rotatable bonds is 6. The summed E-state index contributed by atoms with van der Waals surface area (Å²) in [6.45, 7) is 2.48. The summed E-state index contributed by atoms with van der Waals surface area (Å²) in [5, 5.41) is 12.1. The minimum absolute atomic E-state index is 0.0956. The number of fused-ring (bicyclic) bond motifs is 3. The van der Waals surface area contributed by atoms with Crippen molar-refractivity contribution in [2.24, 2.45) is 0 Å². The molecule has 1 aliphatic rings. The monoisotopic (exact) mass is 469 g/mol. The summed E-state index contributed by atoms with van der Waals surface area (Å²) in [6, 6.07) is 14.8. The fourth-order valence-corrected chi connectivity index (χ4v) is 4.49. The highest BCUT2D eigenvalue weighted by molar-refractivity contribution is 9.10. The highest BCUT2D eigenvalue weighted by Gasteiger charge is 2.31. The van der Waals surface area contributed by atoms with Crippen LogP contribution >= 0.6 is 15.9 Å². The van der Waals surface area contributed by atoms with Crippen molar-refractivity contribution in [1.29, 1.82) is 0 Å². The van der Waals surface area contributed by atoms with Crippen molar-refractivity contribution in [3.8, 4) is 11.1 Å². The summed E-state index contributed by atoms with van der Waals surface area (Å²) < 4.78 is 7.64. The van der Waals surface area contributed by atoms with E-state index in [0.29, 0.717) is 17.0 Å². The lowest BCUT2D eigenvalue weighted by molar-refractivity contribution is -0.139. The van der Waals surface area contributed by atoms with Gasteiger partial charge in [0.1, 0.15) is 6.61 Å². The summed E-state index contributed by atoms with van der Waals surface area (Å²) in [7, 11) is 0. The van der Waals surface area contributed by atoms with Crippen LogP contribution in [0, 0.1) is 0 Å². The van der Waals surface area contributed by atoms with Gasteiger partial charge in [-0.05, 0) is 45.1 Å². The molecule has 4 rings (SSSR count). The fraction of sp³-hybridized carbons (Fsp3) is 0.227. The lowest BCUT2D eigenvalue weighted by atomic mass is 9.98. The zero-order chi connectivity index (χ0) is 21.3. The lowest BCUT2D eigenvalue weighted by Gasteiger charge is -2.18. The van der Waals surface area contributed by atoms with Gasteiger partial charge in [0.15, 0.2) is 10.8 Å². The average Bonchev–Trinajstić information content (AvgIpc) is 3.27. The van der Waals surface area contributed by atoms with Crippen LogP contribution < -0.4 is 5.32 Å². The number of aromatic nitrogens is 2. The summed E-state index contributed by atoms with van der Waals surface area (Å²) in [4.78, 5) is 28.3. The fourth-order valence-electron chi connectivity index (χ4n) is 3.93. The van der Waals surface area contributed by atoms with Crippen LogP contribution in [0.25, 0.3) is 11.1 Å². The van der Waals surface area contributed by atoms with Crippen molar-refractivity contribution in [2.45, 2.75) is 25.4 Å². The van der Waals surface area contributed by atoms with Crippen LogP contribution in [0.5, 0.6) is 0 Å². The highest BCUT2D eigenvalue weighted by Crippen LogP contribution is 2.44. The molecule has 2 N–H and O–H groups in total. The van der Waals surface area contributed by atoms with Crippen molar-refractivity contribution in [2.75, 3.05) is 6.61 Å². The third kappa shape index (κ3) is 3.59. The first-order valence-corrected chi connectivity index (χ1v) is 10.4. The number of carboxylic acids is 1. The number of ether oxygens (including phenoxy) is 1. The molecule has 2 aromatic carbocycles. The molecule has 0 aliphatic heterocycles. The predicted octanol–water partition coefficient (Wildman–Crippen LogP) is 4.33. The van der Waals surface area contributed by atoms with E-state index >= 15 is 0 Å². The number of halogens is 1. The summed E-state index contributed by atoms with van der Waals surface area (Å²) >= 11 is 3.28. The van der Waals surface area contributed by atoms with E-state index in [2.05, 4.69) is 38.4 Å². The summed E-state index contributed by atoms with van der Waals surface area (Å²) in [5.74, 6) is -1.28. The van der Waals surface area contributed by atoms with Gasteiger partial charge in [0.25, 0.3) is 0 Å². The van der Waals surface area contributed by atoms with Crippen molar-refractivity contribution in [3.05, 3.63) is 76.3 Å². The van der Waals surface area contributed by atoms with E-state index in [0.717, 1.165) is 22.3 Å². The standard InChI is InChI=1S/C22H20BrN3O4/c1-2-26-18(11-24-21(26)23)19(20(27)28)25-22(29)30-12-17-15-9-5-3-7-13(15)14-8-4-6-10-16(14)17/h3-11,17,19H,2,12H2,1H3,(H,25,29)(H,27,28). The maximum Gasteiger partial charge on any atom is 0.408 e. The van der Waals surface area contributed by atoms with E-state index in [9.17, 15) is 14.7 Å². The molecule has 0 spiro atoms. The van der Waals surface area contributed by atoms with Crippen molar-refractivity contribution in [3.63, 3.8) is 0 Å². The Morgan fingerprint density at radius 2 is 1.77 bits per heavy atom. The Balaban J connectivity index is 1.50. The van der Waals surface area contributed by atoms with Crippen LogP contribution in [0.15, 0.2) is 59.5 Å². The largest absolute Gasteiger partial charge is 0.479 e. The van der Waals surface area contributed by atoms with E-state index < -0.39 is 18.1 Å². The zero-order valence-corrected chi connectivity index (χ0v) is 17.8. The number of benzene rings is 2. The number of carboxylic acid groups (broad SMARTS) is 1. The summed E-state index contributed by atoms with van der Waals surface area (Å²) in [6.07, 6.45) is 0.639. The Labute approximate surface area is 181 Å². The smallest absolute Gasteiger partial charge is 0.408 e. The van der Waals surface area contributed by atoms with E-state index in [4.69, 9.17) is 4.74 Å². The number of nitrogens with one attached hydrogen (secondary N) is 1. The van der Waals surface area contributed by atoms with Crippen LogP contribution in [0.1, 0.15) is 35.7 Å². The Hall–Kier alpha value is -3.13. The van der Waals surface area contributed by atoms with E-state index in [1.165, 1.54) is 6.20 Å². The minimum atomic E-state index is -1.26. The van der Waals surface area contributed by atoms with Gasteiger partial charge in [-0.1, -0.05) is 48.5 Å². The maximum atomic E-state index is 12.5. The molecule has 3 aromatic rings. The number of aliphatic carboxylic acids is 1. The molecular formula is C22H20BrN3O4. The van der Waals surface area contributed by atoms with Crippen LogP contribution in [0.3, 0.4) is 0 Å². The molecule has 0 radical (unpaired) electrons.